The molecular weight excluding hydrogens is 419 g/mol. The summed E-state index contributed by atoms with van der Waals surface area (Å²) in [5.74, 6) is -0.652. The Hall–Kier alpha value is -2.87. The Kier molecular flexibility index (Phi) is 5.64. The van der Waals surface area contributed by atoms with E-state index in [0.717, 1.165) is 15.7 Å². The zero-order valence-corrected chi connectivity index (χ0v) is 17.4. The fraction of sp³-hybridized carbons (Fsp3) is 0.286. The summed E-state index contributed by atoms with van der Waals surface area (Å²) in [6, 6.07) is 6.71. The lowest BCUT2D eigenvalue weighted by atomic mass is 10.1. The molecule has 0 aliphatic heterocycles. The van der Waals surface area contributed by atoms with Crippen molar-refractivity contribution >= 4 is 34.2 Å². The lowest BCUT2D eigenvalue weighted by Gasteiger charge is -2.20. The Morgan fingerprint density at radius 3 is 2.43 bits per heavy atom. The van der Waals surface area contributed by atoms with E-state index in [9.17, 15) is 22.8 Å². The number of rotatable bonds is 3. The fourth-order valence-corrected chi connectivity index (χ4v) is 3.30. The fourth-order valence-electron chi connectivity index (χ4n) is 3.13. The second-order valence-corrected chi connectivity index (χ2v) is 7.54. The van der Waals surface area contributed by atoms with Crippen molar-refractivity contribution in [1.29, 1.82) is 0 Å². The minimum absolute atomic E-state index is 0.0105. The highest BCUT2D eigenvalue weighted by molar-refractivity contribution is 6.31. The summed E-state index contributed by atoms with van der Waals surface area (Å²) in [6.45, 7) is 6.56. The van der Waals surface area contributed by atoms with Gasteiger partial charge in [-0.2, -0.15) is 13.2 Å². The number of fused-ring (bicyclic) bond motifs is 1. The summed E-state index contributed by atoms with van der Waals surface area (Å²) >= 11 is 6.06. The Labute approximate surface area is 175 Å². The summed E-state index contributed by atoms with van der Waals surface area (Å²) in [5.41, 5.74) is -0.288. The Morgan fingerprint density at radius 1 is 1.17 bits per heavy atom. The molecule has 0 bridgehead atoms. The SMILES string of the molecule is Cc1cc2nc(C(F)(F)F)c(=O)n([C@@H](C)C(=O)Nc3cccc(Cl)c3C)c2cc1C. The van der Waals surface area contributed by atoms with Gasteiger partial charge in [0.25, 0.3) is 5.56 Å². The van der Waals surface area contributed by atoms with Crippen LogP contribution in [0.2, 0.25) is 5.02 Å². The van der Waals surface area contributed by atoms with Gasteiger partial charge in [0.1, 0.15) is 6.04 Å². The van der Waals surface area contributed by atoms with E-state index in [1.165, 1.54) is 13.0 Å². The van der Waals surface area contributed by atoms with Crippen molar-refractivity contribution in [3.05, 3.63) is 68.1 Å². The van der Waals surface area contributed by atoms with E-state index in [1.54, 1.807) is 45.0 Å². The summed E-state index contributed by atoms with van der Waals surface area (Å²) < 4.78 is 41.2. The zero-order chi connectivity index (χ0) is 22.4. The molecule has 5 nitrogen and oxygen atoms in total. The van der Waals surface area contributed by atoms with Crippen LogP contribution in [0.1, 0.15) is 35.3 Å². The first-order valence-corrected chi connectivity index (χ1v) is 9.46. The number of amides is 1. The molecule has 2 aromatic carbocycles. The molecular formula is C21H19ClF3N3O2. The standard InChI is InChI=1S/C21H19ClF3N3O2/c1-10-8-16-17(9-11(10)2)28(20(30)18(26-16)21(23,24)25)13(4)19(29)27-15-7-5-6-14(22)12(15)3/h5-9,13H,1-4H3,(H,27,29)/t13-/m0/s1. The smallest absolute Gasteiger partial charge is 0.324 e. The average molecular weight is 438 g/mol. The molecule has 3 aromatic rings. The molecule has 1 aromatic heterocycles. The largest absolute Gasteiger partial charge is 0.438 e. The molecule has 1 heterocycles. The van der Waals surface area contributed by atoms with E-state index in [0.29, 0.717) is 16.3 Å². The number of nitrogens with zero attached hydrogens (tertiary/aromatic N) is 2. The van der Waals surface area contributed by atoms with Crippen molar-refractivity contribution in [3.8, 4) is 0 Å². The predicted octanol–water partition coefficient (Wildman–Crippen LogP) is 5.19. The summed E-state index contributed by atoms with van der Waals surface area (Å²) in [4.78, 5) is 29.1. The zero-order valence-electron chi connectivity index (χ0n) is 16.7. The Morgan fingerprint density at radius 2 is 1.80 bits per heavy atom. The number of aryl methyl sites for hydroxylation is 2. The quantitative estimate of drug-likeness (QED) is 0.613. The van der Waals surface area contributed by atoms with E-state index in [-0.39, 0.29) is 11.0 Å². The predicted molar refractivity (Wildman–Crippen MR) is 110 cm³/mol. The normalized spacial score (nSPS) is 12.8. The highest BCUT2D eigenvalue weighted by Gasteiger charge is 2.38. The first-order valence-electron chi connectivity index (χ1n) is 9.08. The first kappa shape index (κ1) is 21.8. The maximum atomic E-state index is 13.5. The van der Waals surface area contributed by atoms with Crippen LogP contribution >= 0.6 is 11.6 Å². The molecule has 0 aliphatic carbocycles. The summed E-state index contributed by atoms with van der Waals surface area (Å²) in [7, 11) is 0. The molecule has 0 fully saturated rings. The molecule has 0 radical (unpaired) electrons. The number of nitrogens with one attached hydrogen (secondary N) is 1. The number of hydrogen-bond donors (Lipinski definition) is 1. The topological polar surface area (TPSA) is 64.0 Å². The van der Waals surface area contributed by atoms with E-state index in [2.05, 4.69) is 10.3 Å². The Balaban J connectivity index is 2.18. The van der Waals surface area contributed by atoms with Gasteiger partial charge in [0, 0.05) is 10.7 Å². The van der Waals surface area contributed by atoms with Gasteiger partial charge in [-0.05, 0) is 68.7 Å². The van der Waals surface area contributed by atoms with Crippen LogP contribution in [-0.2, 0) is 11.0 Å². The number of alkyl halides is 3. The van der Waals surface area contributed by atoms with E-state index in [4.69, 9.17) is 11.6 Å². The minimum Gasteiger partial charge on any atom is -0.324 e. The van der Waals surface area contributed by atoms with Crippen LogP contribution in [0.15, 0.2) is 35.1 Å². The van der Waals surface area contributed by atoms with Gasteiger partial charge in [-0.25, -0.2) is 4.98 Å². The molecule has 1 atom stereocenters. The van der Waals surface area contributed by atoms with Gasteiger partial charge in [-0.1, -0.05) is 17.7 Å². The minimum atomic E-state index is -4.95. The summed E-state index contributed by atoms with van der Waals surface area (Å²) in [5, 5.41) is 3.07. The van der Waals surface area contributed by atoms with Crippen LogP contribution in [0.5, 0.6) is 0 Å². The monoisotopic (exact) mass is 437 g/mol. The third kappa shape index (κ3) is 3.92. The molecule has 1 N–H and O–H groups in total. The van der Waals surface area contributed by atoms with E-state index >= 15 is 0 Å². The van der Waals surface area contributed by atoms with Crippen LogP contribution in [0.4, 0.5) is 18.9 Å². The van der Waals surface area contributed by atoms with Crippen LogP contribution in [0, 0.1) is 20.8 Å². The van der Waals surface area contributed by atoms with E-state index < -0.39 is 29.4 Å². The van der Waals surface area contributed by atoms with Gasteiger partial charge in [0.15, 0.2) is 0 Å². The molecule has 0 saturated heterocycles. The van der Waals surface area contributed by atoms with Gasteiger partial charge >= 0.3 is 6.18 Å². The second-order valence-electron chi connectivity index (χ2n) is 7.14. The van der Waals surface area contributed by atoms with Gasteiger partial charge in [0.05, 0.1) is 11.0 Å². The molecule has 30 heavy (non-hydrogen) atoms. The van der Waals surface area contributed by atoms with Gasteiger partial charge in [-0.15, -0.1) is 0 Å². The molecule has 158 valence electrons. The number of hydrogen-bond acceptors (Lipinski definition) is 3. The van der Waals surface area contributed by atoms with Crippen LogP contribution in [0.25, 0.3) is 11.0 Å². The number of carbonyl (C=O) groups is 1. The molecule has 9 heteroatoms. The van der Waals surface area contributed by atoms with Crippen molar-refractivity contribution in [1.82, 2.24) is 9.55 Å². The van der Waals surface area contributed by atoms with Crippen molar-refractivity contribution in [2.75, 3.05) is 5.32 Å². The van der Waals surface area contributed by atoms with E-state index in [1.807, 2.05) is 0 Å². The van der Waals surface area contributed by atoms with Crippen LogP contribution in [-0.4, -0.2) is 15.5 Å². The second kappa shape index (κ2) is 7.75. The molecule has 0 unspecified atom stereocenters. The van der Waals surface area contributed by atoms with Crippen LogP contribution < -0.4 is 10.9 Å². The molecule has 0 spiro atoms. The lowest BCUT2D eigenvalue weighted by molar-refractivity contribution is -0.142. The molecule has 1 amide bonds. The van der Waals surface area contributed by atoms with Crippen molar-refractivity contribution in [3.63, 3.8) is 0 Å². The number of halogens is 4. The van der Waals surface area contributed by atoms with Crippen molar-refractivity contribution in [2.45, 2.75) is 39.9 Å². The lowest BCUT2D eigenvalue weighted by Crippen LogP contribution is -2.36. The molecule has 0 aliphatic rings. The third-order valence-electron chi connectivity index (χ3n) is 5.06. The number of aromatic nitrogens is 2. The van der Waals surface area contributed by atoms with Crippen LogP contribution in [0.3, 0.4) is 0 Å². The van der Waals surface area contributed by atoms with Crippen molar-refractivity contribution in [2.24, 2.45) is 0 Å². The number of anilines is 1. The van der Waals surface area contributed by atoms with Gasteiger partial charge < -0.3 is 5.32 Å². The maximum absolute atomic E-state index is 13.5. The summed E-state index contributed by atoms with van der Waals surface area (Å²) in [6.07, 6.45) is -4.95. The first-order chi connectivity index (χ1) is 13.9. The van der Waals surface area contributed by atoms with Crippen molar-refractivity contribution < 1.29 is 18.0 Å². The molecule has 0 saturated carbocycles. The Bertz CT molecular complexity index is 1220. The highest BCUT2D eigenvalue weighted by Crippen LogP contribution is 2.29. The average Bonchev–Trinajstić information content (AvgIpc) is 2.65. The molecule has 3 rings (SSSR count). The number of carbonyl (C=O) groups excluding carboxylic acids is 1. The maximum Gasteiger partial charge on any atom is 0.438 e. The van der Waals surface area contributed by atoms with Gasteiger partial charge in [-0.3, -0.25) is 14.2 Å². The highest BCUT2D eigenvalue weighted by atomic mass is 35.5. The van der Waals surface area contributed by atoms with Gasteiger partial charge in [0.2, 0.25) is 11.6 Å². The number of benzene rings is 2. The third-order valence-corrected chi connectivity index (χ3v) is 5.47.